The number of carbonyl (C=O) groups excluding carboxylic acids is 1. The smallest absolute Gasteiger partial charge is 0.308 e. The first-order chi connectivity index (χ1) is 10.2. The van der Waals surface area contributed by atoms with Gasteiger partial charge in [-0.3, -0.25) is 5.32 Å². The molecular weight excluding hydrogens is 282 g/mol. The maximum atomic E-state index is 12.0. The van der Waals surface area contributed by atoms with E-state index in [2.05, 4.69) is 16.7 Å². The Morgan fingerprint density at radius 1 is 1.24 bits per heavy atom. The van der Waals surface area contributed by atoms with Crippen LogP contribution in [-0.2, 0) is 12.8 Å². The summed E-state index contributed by atoms with van der Waals surface area (Å²) < 4.78 is 0. The first-order valence-corrected chi connectivity index (χ1v) is 7.68. The number of carbonyl (C=O) groups is 1. The van der Waals surface area contributed by atoms with Gasteiger partial charge in [0, 0.05) is 10.6 Å². The molecule has 0 atom stereocenters. The molecule has 21 heavy (non-hydrogen) atoms. The van der Waals surface area contributed by atoms with Gasteiger partial charge in [-0.1, -0.05) is 17.7 Å². The van der Waals surface area contributed by atoms with E-state index in [0.29, 0.717) is 10.6 Å². The topological polar surface area (TPSA) is 64.9 Å². The first-order valence-electron chi connectivity index (χ1n) is 6.86. The van der Waals surface area contributed by atoms with Crippen molar-refractivity contribution in [3.05, 3.63) is 45.8 Å². The SMILES string of the molecule is Cc1ccc(NC(=O)Nc2sc3c(c2C#N)CCC3)cc1. The van der Waals surface area contributed by atoms with Crippen LogP contribution in [0.25, 0.3) is 0 Å². The average molecular weight is 297 g/mol. The lowest BCUT2D eigenvalue weighted by molar-refractivity contribution is 0.262. The largest absolute Gasteiger partial charge is 0.324 e. The molecule has 2 N–H and O–H groups in total. The van der Waals surface area contributed by atoms with Gasteiger partial charge in [-0.15, -0.1) is 11.3 Å². The van der Waals surface area contributed by atoms with E-state index in [1.54, 1.807) is 0 Å². The summed E-state index contributed by atoms with van der Waals surface area (Å²) in [4.78, 5) is 13.3. The molecule has 0 aliphatic heterocycles. The van der Waals surface area contributed by atoms with Crippen molar-refractivity contribution in [2.45, 2.75) is 26.2 Å². The molecule has 1 aliphatic carbocycles. The molecular formula is C16H15N3OS. The van der Waals surface area contributed by atoms with Crippen LogP contribution in [0.15, 0.2) is 24.3 Å². The van der Waals surface area contributed by atoms with Crippen LogP contribution in [0.3, 0.4) is 0 Å². The van der Waals surface area contributed by atoms with E-state index in [4.69, 9.17) is 0 Å². The number of amides is 2. The fourth-order valence-corrected chi connectivity index (χ4v) is 3.75. The van der Waals surface area contributed by atoms with E-state index in [1.807, 2.05) is 31.2 Å². The molecule has 0 fully saturated rings. The summed E-state index contributed by atoms with van der Waals surface area (Å²) in [6.45, 7) is 2.00. The van der Waals surface area contributed by atoms with Crippen molar-refractivity contribution in [3.8, 4) is 6.07 Å². The third kappa shape index (κ3) is 2.76. The van der Waals surface area contributed by atoms with E-state index < -0.39 is 0 Å². The second-order valence-corrected chi connectivity index (χ2v) is 6.22. The van der Waals surface area contributed by atoms with Crippen molar-refractivity contribution in [2.24, 2.45) is 0 Å². The molecule has 0 saturated heterocycles. The van der Waals surface area contributed by atoms with E-state index in [-0.39, 0.29) is 6.03 Å². The lowest BCUT2D eigenvalue weighted by Crippen LogP contribution is -2.19. The zero-order valence-corrected chi connectivity index (χ0v) is 12.5. The predicted molar refractivity (Wildman–Crippen MR) is 84.9 cm³/mol. The first kappa shape index (κ1) is 13.7. The Hall–Kier alpha value is -2.32. The van der Waals surface area contributed by atoms with Gasteiger partial charge in [0.15, 0.2) is 0 Å². The number of fused-ring (bicyclic) bond motifs is 1. The Balaban J connectivity index is 1.73. The number of thiophene rings is 1. The van der Waals surface area contributed by atoms with Crippen LogP contribution in [0.2, 0.25) is 0 Å². The minimum Gasteiger partial charge on any atom is -0.308 e. The molecule has 0 bridgehead atoms. The Labute approximate surface area is 127 Å². The van der Waals surface area contributed by atoms with Gasteiger partial charge in [-0.05, 0) is 43.9 Å². The number of nitrogens with one attached hydrogen (secondary N) is 2. The number of nitrogens with zero attached hydrogens (tertiary/aromatic N) is 1. The number of benzene rings is 1. The van der Waals surface area contributed by atoms with Crippen LogP contribution >= 0.6 is 11.3 Å². The summed E-state index contributed by atoms with van der Waals surface area (Å²) in [6, 6.07) is 9.50. The number of hydrogen-bond donors (Lipinski definition) is 2. The lowest BCUT2D eigenvalue weighted by atomic mass is 10.1. The Morgan fingerprint density at radius 2 is 2.00 bits per heavy atom. The van der Waals surface area contributed by atoms with Crippen molar-refractivity contribution in [2.75, 3.05) is 10.6 Å². The minimum atomic E-state index is -0.310. The molecule has 1 aromatic heterocycles. The number of nitriles is 1. The molecule has 0 unspecified atom stereocenters. The van der Waals surface area contributed by atoms with Crippen LogP contribution in [0.1, 0.15) is 28.0 Å². The van der Waals surface area contributed by atoms with Gasteiger partial charge in [0.05, 0.1) is 5.56 Å². The van der Waals surface area contributed by atoms with Gasteiger partial charge in [-0.25, -0.2) is 4.79 Å². The summed E-state index contributed by atoms with van der Waals surface area (Å²) in [5.74, 6) is 0. The molecule has 1 heterocycles. The molecule has 0 radical (unpaired) electrons. The second-order valence-electron chi connectivity index (χ2n) is 5.12. The highest BCUT2D eigenvalue weighted by atomic mass is 32.1. The van der Waals surface area contributed by atoms with Gasteiger partial charge in [0.25, 0.3) is 0 Å². The predicted octanol–water partition coefficient (Wildman–Crippen LogP) is 4.06. The minimum absolute atomic E-state index is 0.310. The zero-order chi connectivity index (χ0) is 14.8. The highest BCUT2D eigenvalue weighted by Crippen LogP contribution is 2.38. The van der Waals surface area contributed by atoms with Crippen LogP contribution in [0.5, 0.6) is 0 Å². The lowest BCUT2D eigenvalue weighted by Gasteiger charge is -2.07. The summed E-state index contributed by atoms with van der Waals surface area (Å²) in [6.07, 6.45) is 3.05. The molecule has 5 heteroatoms. The van der Waals surface area contributed by atoms with Gasteiger partial charge in [0.2, 0.25) is 0 Å². The van der Waals surface area contributed by atoms with E-state index in [9.17, 15) is 10.1 Å². The Kier molecular flexibility index (Phi) is 3.63. The van der Waals surface area contributed by atoms with Gasteiger partial charge >= 0.3 is 6.03 Å². The highest BCUT2D eigenvalue weighted by molar-refractivity contribution is 7.16. The van der Waals surface area contributed by atoms with Crippen LogP contribution < -0.4 is 10.6 Å². The monoisotopic (exact) mass is 297 g/mol. The fourth-order valence-electron chi connectivity index (χ4n) is 2.51. The standard InChI is InChI=1S/C16H15N3OS/c1-10-5-7-11(8-6-10)18-16(20)19-15-13(9-17)12-3-2-4-14(12)21-15/h5-8H,2-4H2,1H3,(H2,18,19,20). The average Bonchev–Trinajstić information content (AvgIpc) is 3.01. The Bertz CT molecular complexity index is 725. The zero-order valence-electron chi connectivity index (χ0n) is 11.7. The third-order valence-corrected chi connectivity index (χ3v) is 4.78. The molecule has 106 valence electrons. The number of urea groups is 1. The summed E-state index contributed by atoms with van der Waals surface area (Å²) in [7, 11) is 0. The van der Waals surface area contributed by atoms with Crippen molar-refractivity contribution in [1.82, 2.24) is 0 Å². The van der Waals surface area contributed by atoms with Crippen LogP contribution in [0.4, 0.5) is 15.5 Å². The van der Waals surface area contributed by atoms with E-state index >= 15 is 0 Å². The summed E-state index contributed by atoms with van der Waals surface area (Å²) in [5, 5.41) is 15.5. The molecule has 1 aromatic carbocycles. The molecule has 0 spiro atoms. The van der Waals surface area contributed by atoms with E-state index in [1.165, 1.54) is 16.2 Å². The van der Waals surface area contributed by atoms with E-state index in [0.717, 1.165) is 36.1 Å². The van der Waals surface area contributed by atoms with Crippen LogP contribution in [-0.4, -0.2) is 6.03 Å². The highest BCUT2D eigenvalue weighted by Gasteiger charge is 2.22. The molecule has 0 saturated carbocycles. The van der Waals surface area contributed by atoms with Gasteiger partial charge < -0.3 is 5.32 Å². The van der Waals surface area contributed by atoms with Crippen LogP contribution in [0, 0.1) is 18.3 Å². The number of aryl methyl sites for hydroxylation is 2. The second kappa shape index (κ2) is 5.58. The normalized spacial score (nSPS) is 12.6. The number of rotatable bonds is 2. The molecule has 1 aliphatic rings. The molecule has 4 nitrogen and oxygen atoms in total. The maximum absolute atomic E-state index is 12.0. The molecule has 2 aromatic rings. The van der Waals surface area contributed by atoms with Crippen molar-refractivity contribution in [3.63, 3.8) is 0 Å². The number of hydrogen-bond acceptors (Lipinski definition) is 3. The third-order valence-electron chi connectivity index (χ3n) is 3.57. The molecule has 2 amide bonds. The summed E-state index contributed by atoms with van der Waals surface area (Å²) in [5.41, 5.74) is 3.63. The van der Waals surface area contributed by atoms with Crippen molar-refractivity contribution in [1.29, 1.82) is 5.26 Å². The van der Waals surface area contributed by atoms with Crippen molar-refractivity contribution >= 4 is 28.1 Å². The van der Waals surface area contributed by atoms with Gasteiger partial charge in [0.1, 0.15) is 11.1 Å². The maximum Gasteiger partial charge on any atom is 0.324 e. The number of anilines is 2. The van der Waals surface area contributed by atoms with Gasteiger partial charge in [-0.2, -0.15) is 5.26 Å². The van der Waals surface area contributed by atoms with Crippen molar-refractivity contribution < 1.29 is 4.79 Å². The fraction of sp³-hybridized carbons (Fsp3) is 0.250. The quantitative estimate of drug-likeness (QED) is 0.878. The Morgan fingerprint density at radius 3 is 2.71 bits per heavy atom. The summed E-state index contributed by atoms with van der Waals surface area (Å²) >= 11 is 1.52. The molecule has 3 rings (SSSR count).